The highest BCUT2D eigenvalue weighted by atomic mass is 19.3. The topological polar surface area (TPSA) is 43.2 Å². The third-order valence-electron chi connectivity index (χ3n) is 6.50. The van der Waals surface area contributed by atoms with Crippen LogP contribution in [0.3, 0.4) is 0 Å². The molecular weight excluding hydrogens is 434 g/mol. The molecule has 9 heteroatoms. The van der Waals surface area contributed by atoms with Gasteiger partial charge in [-0.25, -0.2) is 22.6 Å². The largest absolute Gasteiger partial charge is 0.327 e. The van der Waals surface area contributed by atoms with Gasteiger partial charge < -0.3 is 5.32 Å². The van der Waals surface area contributed by atoms with Crippen LogP contribution in [0.2, 0.25) is 0 Å². The van der Waals surface area contributed by atoms with Crippen molar-refractivity contribution in [2.45, 2.75) is 44.6 Å². The molecule has 5 nitrogen and oxygen atoms in total. The molecule has 4 aliphatic rings. The van der Waals surface area contributed by atoms with Gasteiger partial charge in [0.05, 0.1) is 0 Å². The maximum atomic E-state index is 13.7. The van der Waals surface area contributed by atoms with E-state index in [1.54, 1.807) is 6.20 Å². The van der Waals surface area contributed by atoms with E-state index in [1.807, 2.05) is 5.01 Å². The number of amidine groups is 2. The summed E-state index contributed by atoms with van der Waals surface area (Å²) in [5, 5.41) is 9.50. The van der Waals surface area contributed by atoms with Gasteiger partial charge in [0.25, 0.3) is 6.43 Å². The molecule has 1 saturated carbocycles. The Labute approximate surface area is 191 Å². The number of hydrogen-bond donors (Lipinski definition) is 1. The lowest BCUT2D eigenvalue weighted by Gasteiger charge is -2.42. The van der Waals surface area contributed by atoms with Gasteiger partial charge in [-0.2, -0.15) is 5.10 Å². The van der Waals surface area contributed by atoms with E-state index in [0.717, 1.165) is 30.8 Å². The zero-order valence-electron chi connectivity index (χ0n) is 18.5. The number of hydrazone groups is 1. The predicted octanol–water partition coefficient (Wildman–Crippen LogP) is 4.85. The normalized spacial score (nSPS) is 25.4. The quantitative estimate of drug-likeness (QED) is 0.265. The fourth-order valence-corrected chi connectivity index (χ4v) is 4.39. The molecule has 0 spiro atoms. The molecule has 2 aliphatic carbocycles. The number of hydrogen-bond acceptors (Lipinski definition) is 4. The summed E-state index contributed by atoms with van der Waals surface area (Å²) in [7, 11) is 0. The van der Waals surface area contributed by atoms with Gasteiger partial charge in [-0.05, 0) is 30.6 Å². The van der Waals surface area contributed by atoms with Gasteiger partial charge in [-0.15, -0.1) is 0 Å². The summed E-state index contributed by atoms with van der Waals surface area (Å²) in [6, 6.07) is 0.663. The molecule has 1 saturated heterocycles. The summed E-state index contributed by atoms with van der Waals surface area (Å²) in [4.78, 5) is 6.77. The Kier molecular flexibility index (Phi) is 7.47. The van der Waals surface area contributed by atoms with Crippen LogP contribution in [0.15, 0.2) is 70.0 Å². The SMILES string of the molecule is C=C/C(=C\C(=N/N1CCN(C2CCC2)CC1)NC1=NC=C(C2C=C(F)C=C(F)C2)C1)C(F)F. The second-order valence-electron chi connectivity index (χ2n) is 8.74. The summed E-state index contributed by atoms with van der Waals surface area (Å²) < 4.78 is 54.0. The second-order valence-corrected chi connectivity index (χ2v) is 8.74. The Bertz CT molecular complexity index is 935. The fourth-order valence-electron chi connectivity index (χ4n) is 4.39. The van der Waals surface area contributed by atoms with E-state index in [2.05, 4.69) is 26.9 Å². The van der Waals surface area contributed by atoms with Crippen molar-refractivity contribution in [3.05, 3.63) is 59.9 Å². The molecule has 1 unspecified atom stereocenters. The maximum absolute atomic E-state index is 13.7. The molecule has 178 valence electrons. The van der Waals surface area contributed by atoms with Crippen molar-refractivity contribution in [3.63, 3.8) is 0 Å². The Morgan fingerprint density at radius 1 is 1.21 bits per heavy atom. The van der Waals surface area contributed by atoms with Gasteiger partial charge in [0.15, 0.2) is 5.84 Å². The zero-order chi connectivity index (χ0) is 23.4. The van der Waals surface area contributed by atoms with Crippen molar-refractivity contribution in [3.8, 4) is 0 Å². The molecular formula is C24H29F4N5. The van der Waals surface area contributed by atoms with Gasteiger partial charge >= 0.3 is 0 Å². The molecule has 0 radical (unpaired) electrons. The third kappa shape index (κ3) is 6.01. The monoisotopic (exact) mass is 463 g/mol. The minimum atomic E-state index is -2.69. The van der Waals surface area contributed by atoms with Gasteiger partial charge in [0.2, 0.25) is 0 Å². The Morgan fingerprint density at radius 3 is 2.58 bits per heavy atom. The van der Waals surface area contributed by atoms with Gasteiger partial charge in [0.1, 0.15) is 17.5 Å². The van der Waals surface area contributed by atoms with E-state index < -0.39 is 24.0 Å². The molecule has 33 heavy (non-hydrogen) atoms. The van der Waals surface area contributed by atoms with Gasteiger partial charge in [0, 0.05) is 68.8 Å². The first kappa shape index (κ1) is 23.5. The molecule has 2 aliphatic heterocycles. The third-order valence-corrected chi connectivity index (χ3v) is 6.50. The molecule has 2 heterocycles. The molecule has 0 amide bonds. The number of aliphatic imine (C=N–C) groups is 1. The second kappa shape index (κ2) is 10.5. The summed E-state index contributed by atoms with van der Waals surface area (Å²) in [6.45, 7) is 6.67. The molecule has 0 aromatic rings. The van der Waals surface area contributed by atoms with Crippen molar-refractivity contribution < 1.29 is 17.6 Å². The summed E-state index contributed by atoms with van der Waals surface area (Å²) in [5.74, 6) is -0.800. The average Bonchev–Trinajstić information content (AvgIpc) is 3.19. The number of nitrogens with one attached hydrogen (secondary N) is 1. The molecule has 1 N–H and O–H groups in total. The van der Waals surface area contributed by atoms with Crippen molar-refractivity contribution in [1.82, 2.24) is 15.2 Å². The number of nitrogens with zero attached hydrogens (tertiary/aromatic N) is 4. The smallest absolute Gasteiger partial charge is 0.263 e. The number of piperazine rings is 1. The Balaban J connectivity index is 1.42. The van der Waals surface area contributed by atoms with E-state index >= 15 is 0 Å². The Morgan fingerprint density at radius 2 is 1.97 bits per heavy atom. The predicted molar refractivity (Wildman–Crippen MR) is 122 cm³/mol. The van der Waals surface area contributed by atoms with Crippen LogP contribution >= 0.6 is 0 Å². The van der Waals surface area contributed by atoms with Crippen molar-refractivity contribution in [2.75, 3.05) is 26.2 Å². The van der Waals surface area contributed by atoms with E-state index in [1.165, 1.54) is 31.4 Å². The molecule has 0 bridgehead atoms. The highest BCUT2D eigenvalue weighted by Gasteiger charge is 2.28. The summed E-state index contributed by atoms with van der Waals surface area (Å²) >= 11 is 0. The van der Waals surface area contributed by atoms with Crippen LogP contribution in [0.4, 0.5) is 17.6 Å². The molecule has 4 rings (SSSR count). The van der Waals surface area contributed by atoms with E-state index in [9.17, 15) is 17.6 Å². The minimum absolute atomic E-state index is 0.0835. The number of rotatable bonds is 6. The van der Waals surface area contributed by atoms with Crippen molar-refractivity contribution in [2.24, 2.45) is 16.0 Å². The number of alkyl halides is 2. The van der Waals surface area contributed by atoms with E-state index in [4.69, 9.17) is 0 Å². The lowest BCUT2D eigenvalue weighted by Crippen LogP contribution is -2.51. The fraction of sp³-hybridized carbons (Fsp3) is 0.500. The molecule has 1 atom stereocenters. The standard InChI is InChI=1S/C24H29F4N5/c1-2-16(24(27)28)12-23(31-33-8-6-32(7-9-33)21-4-3-5-21)30-22-13-18(15-29-22)17-10-19(25)14-20(26)11-17/h2,10,12,14-15,17,21,24H,1,3-9,11,13H2,(H,29,30,31)/b16-12+. The molecule has 0 aromatic carbocycles. The maximum Gasteiger partial charge on any atom is 0.263 e. The Hall–Kier alpha value is -2.68. The summed E-state index contributed by atoms with van der Waals surface area (Å²) in [5.41, 5.74) is 0.511. The van der Waals surface area contributed by atoms with Gasteiger partial charge in [-0.3, -0.25) is 9.91 Å². The van der Waals surface area contributed by atoms with Crippen molar-refractivity contribution >= 4 is 11.7 Å². The lowest BCUT2D eigenvalue weighted by molar-refractivity contribution is 0.0631. The van der Waals surface area contributed by atoms with Crippen LogP contribution in [0.25, 0.3) is 0 Å². The first-order valence-electron chi connectivity index (χ1n) is 11.4. The van der Waals surface area contributed by atoms with Crippen LogP contribution < -0.4 is 5.32 Å². The van der Waals surface area contributed by atoms with Crippen molar-refractivity contribution in [1.29, 1.82) is 0 Å². The average molecular weight is 464 g/mol. The molecule has 2 fully saturated rings. The zero-order valence-corrected chi connectivity index (χ0v) is 18.5. The summed E-state index contributed by atoms with van der Waals surface area (Å²) in [6.07, 6.45) is 7.72. The van der Waals surface area contributed by atoms with E-state index in [0.29, 0.717) is 31.4 Å². The number of allylic oxidation sites excluding steroid dienone is 6. The first-order valence-corrected chi connectivity index (χ1v) is 11.4. The molecule has 0 aromatic heterocycles. The van der Waals surface area contributed by atoms with Crippen LogP contribution in [0.5, 0.6) is 0 Å². The first-order chi connectivity index (χ1) is 15.9. The highest BCUT2D eigenvalue weighted by Crippen LogP contribution is 2.33. The van der Waals surface area contributed by atoms with Crippen LogP contribution in [-0.2, 0) is 0 Å². The number of halogens is 4. The highest BCUT2D eigenvalue weighted by molar-refractivity contribution is 6.07. The minimum Gasteiger partial charge on any atom is -0.327 e. The lowest BCUT2D eigenvalue weighted by atomic mass is 9.90. The van der Waals surface area contributed by atoms with Crippen LogP contribution in [0, 0.1) is 5.92 Å². The van der Waals surface area contributed by atoms with E-state index in [-0.39, 0.29) is 17.8 Å². The van der Waals surface area contributed by atoms with Crippen LogP contribution in [0.1, 0.15) is 32.1 Å². The van der Waals surface area contributed by atoms with Gasteiger partial charge in [-0.1, -0.05) is 19.1 Å². The van der Waals surface area contributed by atoms with Crippen LogP contribution in [-0.4, -0.2) is 60.2 Å².